The van der Waals surface area contributed by atoms with E-state index in [1.54, 1.807) is 11.8 Å². The minimum absolute atomic E-state index is 0.107. The van der Waals surface area contributed by atoms with E-state index in [9.17, 15) is 14.7 Å². The number of aryl methyl sites for hydroxylation is 2. The van der Waals surface area contributed by atoms with E-state index in [4.69, 9.17) is 9.47 Å². The Kier molecular flexibility index (Phi) is 8.40. The topological polar surface area (TPSA) is 92.2 Å². The van der Waals surface area contributed by atoms with Gasteiger partial charge in [-0.2, -0.15) is 0 Å². The number of ether oxygens (including phenoxy) is 2. The van der Waals surface area contributed by atoms with Gasteiger partial charge in [0.25, 0.3) is 5.91 Å². The number of amides is 1. The first kappa shape index (κ1) is 27.1. The van der Waals surface area contributed by atoms with Gasteiger partial charge < -0.3 is 19.5 Å². The summed E-state index contributed by atoms with van der Waals surface area (Å²) in [6.07, 6.45) is 0.716. The zero-order valence-electron chi connectivity index (χ0n) is 22.3. The summed E-state index contributed by atoms with van der Waals surface area (Å²) in [6.45, 7) is 8.41. The molecular weight excluding hydrogens is 514 g/mol. The number of rotatable bonds is 10. The zero-order valence-corrected chi connectivity index (χ0v) is 23.1. The summed E-state index contributed by atoms with van der Waals surface area (Å²) in [6, 6.07) is 16.6. The Morgan fingerprint density at radius 1 is 1.08 bits per heavy atom. The van der Waals surface area contributed by atoms with Gasteiger partial charge in [-0.15, -0.1) is 11.3 Å². The lowest BCUT2D eigenvalue weighted by Gasteiger charge is -2.30. The van der Waals surface area contributed by atoms with Crippen LogP contribution in [0.2, 0.25) is 0 Å². The van der Waals surface area contributed by atoms with Crippen LogP contribution < -0.4 is 4.74 Å². The van der Waals surface area contributed by atoms with Gasteiger partial charge in [-0.3, -0.25) is 14.5 Å². The number of hydrogen-bond acceptors (Lipinski definition) is 8. The molecule has 2 aliphatic rings. The molecule has 1 N–H and O–H groups in total. The van der Waals surface area contributed by atoms with Gasteiger partial charge in [-0.05, 0) is 43.5 Å². The first-order valence-corrected chi connectivity index (χ1v) is 14.0. The van der Waals surface area contributed by atoms with Crippen molar-refractivity contribution in [3.8, 4) is 5.75 Å². The number of nitrogens with zero attached hydrogens (tertiary/aromatic N) is 3. The summed E-state index contributed by atoms with van der Waals surface area (Å²) in [7, 11) is 0. The maximum atomic E-state index is 13.7. The summed E-state index contributed by atoms with van der Waals surface area (Å²) in [4.78, 5) is 35.8. The Labute approximate surface area is 232 Å². The summed E-state index contributed by atoms with van der Waals surface area (Å²) in [5.74, 6) is -0.672. The Morgan fingerprint density at radius 2 is 1.79 bits per heavy atom. The minimum atomic E-state index is -0.695. The van der Waals surface area contributed by atoms with Crippen molar-refractivity contribution in [1.82, 2.24) is 14.8 Å². The van der Waals surface area contributed by atoms with Crippen molar-refractivity contribution in [3.05, 3.63) is 92.6 Å². The van der Waals surface area contributed by atoms with Gasteiger partial charge in [0.1, 0.15) is 12.4 Å². The molecular formula is C30H33N3O5S. The van der Waals surface area contributed by atoms with Crippen molar-refractivity contribution in [2.45, 2.75) is 32.9 Å². The number of carbonyl (C=O) groups excluding carboxylic acids is 2. The normalized spacial score (nSPS) is 18.2. The number of morpholine rings is 1. The Bertz CT molecular complexity index is 1350. The van der Waals surface area contributed by atoms with Crippen LogP contribution in [-0.4, -0.2) is 71.0 Å². The van der Waals surface area contributed by atoms with Crippen molar-refractivity contribution in [2.75, 3.05) is 39.4 Å². The van der Waals surface area contributed by atoms with Crippen LogP contribution in [0.5, 0.6) is 5.75 Å². The smallest absolute Gasteiger partial charge is 0.290 e. The third kappa shape index (κ3) is 6.06. The lowest BCUT2D eigenvalue weighted by molar-refractivity contribution is -0.129. The molecule has 8 nitrogen and oxygen atoms in total. The highest BCUT2D eigenvalue weighted by atomic mass is 32.1. The lowest BCUT2D eigenvalue weighted by atomic mass is 9.95. The van der Waals surface area contributed by atoms with Crippen LogP contribution in [0, 0.1) is 13.8 Å². The number of ketones is 1. The first-order chi connectivity index (χ1) is 18.9. The number of hydrogen-bond donors (Lipinski definition) is 1. The van der Waals surface area contributed by atoms with E-state index in [-0.39, 0.29) is 11.4 Å². The second-order valence-corrected chi connectivity index (χ2v) is 11.0. The van der Waals surface area contributed by atoms with Crippen molar-refractivity contribution in [3.63, 3.8) is 0 Å². The molecule has 1 fully saturated rings. The van der Waals surface area contributed by atoms with Crippen LogP contribution in [0.1, 0.15) is 44.0 Å². The van der Waals surface area contributed by atoms with Crippen LogP contribution in [0.15, 0.2) is 65.9 Å². The Hall–Kier alpha value is -3.53. The third-order valence-corrected chi connectivity index (χ3v) is 8.15. The fourth-order valence-corrected chi connectivity index (χ4v) is 5.98. The average Bonchev–Trinajstić information content (AvgIpc) is 3.43. The second-order valence-electron chi connectivity index (χ2n) is 9.79. The predicted molar refractivity (Wildman–Crippen MR) is 149 cm³/mol. The molecule has 0 radical (unpaired) electrons. The van der Waals surface area contributed by atoms with Gasteiger partial charge >= 0.3 is 0 Å². The fourth-order valence-electron chi connectivity index (χ4n) is 5.10. The SMILES string of the molecule is Cc1nc(C)c(C(=O)C2=C(O)C(=O)N(CCCN3CCOCC3)C2c2ccc(OCc3ccccc3)cc2)s1. The molecule has 9 heteroatoms. The summed E-state index contributed by atoms with van der Waals surface area (Å²) >= 11 is 1.28. The van der Waals surface area contributed by atoms with E-state index in [0.717, 1.165) is 35.8 Å². The molecule has 0 spiro atoms. The van der Waals surface area contributed by atoms with Crippen LogP contribution in [0.3, 0.4) is 0 Å². The van der Waals surface area contributed by atoms with Crippen molar-refractivity contribution >= 4 is 23.0 Å². The van der Waals surface area contributed by atoms with E-state index < -0.39 is 17.7 Å². The highest BCUT2D eigenvalue weighted by Crippen LogP contribution is 2.40. The molecule has 0 bridgehead atoms. The number of thiazole rings is 1. The van der Waals surface area contributed by atoms with Crippen LogP contribution in [-0.2, 0) is 16.1 Å². The highest BCUT2D eigenvalue weighted by Gasteiger charge is 2.44. The van der Waals surface area contributed by atoms with Crippen LogP contribution in [0.4, 0.5) is 0 Å². The summed E-state index contributed by atoms with van der Waals surface area (Å²) in [5, 5.41) is 11.8. The van der Waals surface area contributed by atoms with E-state index >= 15 is 0 Å². The number of aliphatic hydroxyl groups is 1. The monoisotopic (exact) mass is 547 g/mol. The van der Waals surface area contributed by atoms with Gasteiger partial charge in [0, 0.05) is 26.2 Å². The quantitative estimate of drug-likeness (QED) is 0.370. The molecule has 1 atom stereocenters. The van der Waals surface area contributed by atoms with E-state index in [2.05, 4.69) is 9.88 Å². The second kappa shape index (κ2) is 12.1. The number of carbonyl (C=O) groups is 2. The molecule has 204 valence electrons. The molecule has 2 aromatic carbocycles. The van der Waals surface area contributed by atoms with Crippen LogP contribution >= 0.6 is 11.3 Å². The molecule has 1 aromatic heterocycles. The summed E-state index contributed by atoms with van der Waals surface area (Å²) < 4.78 is 11.4. The maximum Gasteiger partial charge on any atom is 0.290 e. The van der Waals surface area contributed by atoms with E-state index in [1.165, 1.54) is 11.3 Å². The molecule has 5 rings (SSSR count). The molecule has 0 saturated carbocycles. The van der Waals surface area contributed by atoms with E-state index in [1.807, 2.05) is 61.5 Å². The minimum Gasteiger partial charge on any atom is -0.503 e. The van der Waals surface area contributed by atoms with Gasteiger partial charge in [-0.1, -0.05) is 42.5 Å². The first-order valence-electron chi connectivity index (χ1n) is 13.2. The molecule has 0 aliphatic carbocycles. The number of benzene rings is 2. The van der Waals surface area contributed by atoms with Gasteiger partial charge in [0.15, 0.2) is 5.76 Å². The highest BCUT2D eigenvalue weighted by molar-refractivity contribution is 7.14. The predicted octanol–water partition coefficient (Wildman–Crippen LogP) is 4.64. The maximum absolute atomic E-state index is 13.7. The molecule has 2 aliphatic heterocycles. The van der Waals surface area contributed by atoms with Crippen LogP contribution in [0.25, 0.3) is 0 Å². The third-order valence-electron chi connectivity index (χ3n) is 7.08. The fraction of sp³-hybridized carbons (Fsp3) is 0.367. The molecule has 1 saturated heterocycles. The van der Waals surface area contributed by atoms with E-state index in [0.29, 0.717) is 49.1 Å². The van der Waals surface area contributed by atoms with Crippen molar-refractivity contribution < 1.29 is 24.2 Å². The number of aliphatic hydroxyl groups excluding tert-OH is 1. The average molecular weight is 548 g/mol. The van der Waals surface area contributed by atoms with Crippen molar-refractivity contribution in [2.24, 2.45) is 0 Å². The van der Waals surface area contributed by atoms with Gasteiger partial charge in [-0.25, -0.2) is 4.98 Å². The Morgan fingerprint density at radius 3 is 2.46 bits per heavy atom. The molecule has 3 heterocycles. The Balaban J connectivity index is 1.39. The van der Waals surface area contributed by atoms with Crippen molar-refractivity contribution in [1.29, 1.82) is 0 Å². The molecule has 3 aromatic rings. The van der Waals surface area contributed by atoms with Gasteiger partial charge in [0.2, 0.25) is 5.78 Å². The number of Topliss-reactive ketones (excluding diaryl/α,β-unsaturated/α-hetero) is 1. The molecule has 1 amide bonds. The summed E-state index contributed by atoms with van der Waals surface area (Å²) in [5.41, 5.74) is 2.51. The molecule has 1 unspecified atom stereocenters. The lowest BCUT2D eigenvalue weighted by Crippen LogP contribution is -2.39. The standard InChI is InChI=1S/C30H33N3O5S/c1-20-29(39-21(2)31-20)27(34)25-26(23-9-11-24(12-10-23)38-19-22-7-4-3-5-8-22)33(30(36)28(25)35)14-6-13-32-15-17-37-18-16-32/h3-5,7-12,26,35H,6,13-19H2,1-2H3. The largest absolute Gasteiger partial charge is 0.503 e. The zero-order chi connectivity index (χ0) is 27.4. The number of aromatic nitrogens is 1. The molecule has 39 heavy (non-hydrogen) atoms. The van der Waals surface area contributed by atoms with Gasteiger partial charge in [0.05, 0.1) is 40.4 Å².